The van der Waals surface area contributed by atoms with Gasteiger partial charge in [-0.1, -0.05) is 0 Å². The van der Waals surface area contributed by atoms with Crippen molar-refractivity contribution in [3.8, 4) is 0 Å². The number of hydrogen-bond donors (Lipinski definition) is 0. The van der Waals surface area contributed by atoms with E-state index in [9.17, 15) is 9.59 Å². The molecule has 1 spiro atoms. The number of fused-ring (bicyclic) bond motifs is 1. The second-order valence-corrected chi connectivity index (χ2v) is 9.47. The first-order chi connectivity index (χ1) is 11.1. The lowest BCUT2D eigenvalue weighted by molar-refractivity contribution is -0.144. The van der Waals surface area contributed by atoms with Crippen molar-refractivity contribution in [1.29, 1.82) is 0 Å². The maximum Gasteiger partial charge on any atom is 0.306 e. The number of esters is 1. The standard InChI is InChI=1S/C17H21NO3S2/c1-2-21-15(19)10-11-9-12-5-6-17(22-7-8-23-17)14-4-3-13(16(11)20)18(12)14/h3-4,11-12H,2,5-10H2,1H3. The molecule has 0 saturated carbocycles. The highest BCUT2D eigenvalue weighted by Crippen LogP contribution is 2.59. The summed E-state index contributed by atoms with van der Waals surface area (Å²) in [5, 5.41) is 0. The maximum absolute atomic E-state index is 12.8. The molecule has 4 rings (SSSR count). The van der Waals surface area contributed by atoms with Crippen LogP contribution in [0.25, 0.3) is 0 Å². The average Bonchev–Trinajstić information content (AvgIpc) is 3.16. The van der Waals surface area contributed by atoms with E-state index in [1.807, 2.05) is 29.6 Å². The Kier molecular flexibility index (Phi) is 4.00. The summed E-state index contributed by atoms with van der Waals surface area (Å²) in [5.74, 6) is 2.03. The van der Waals surface area contributed by atoms with Crippen molar-refractivity contribution in [2.24, 2.45) is 5.92 Å². The normalized spacial score (nSPS) is 28.0. The first kappa shape index (κ1) is 15.6. The molecular weight excluding hydrogens is 330 g/mol. The van der Waals surface area contributed by atoms with Crippen LogP contribution in [0.5, 0.6) is 0 Å². The molecule has 0 bridgehead atoms. The van der Waals surface area contributed by atoms with Gasteiger partial charge in [-0.05, 0) is 38.3 Å². The van der Waals surface area contributed by atoms with Crippen molar-refractivity contribution in [3.63, 3.8) is 0 Å². The third-order valence-electron chi connectivity index (χ3n) is 5.13. The van der Waals surface area contributed by atoms with E-state index in [0.717, 1.165) is 25.0 Å². The van der Waals surface area contributed by atoms with Crippen LogP contribution in [0, 0.1) is 5.92 Å². The minimum atomic E-state index is -0.250. The minimum Gasteiger partial charge on any atom is -0.466 e. The number of ether oxygens (including phenoxy) is 1. The molecule has 0 aliphatic carbocycles. The van der Waals surface area contributed by atoms with Gasteiger partial charge in [0.25, 0.3) is 0 Å². The fraction of sp³-hybridized carbons (Fsp3) is 0.647. The van der Waals surface area contributed by atoms with Gasteiger partial charge in [-0.25, -0.2) is 0 Å². The Labute approximate surface area is 144 Å². The largest absolute Gasteiger partial charge is 0.466 e. The van der Waals surface area contributed by atoms with Gasteiger partial charge in [-0.15, -0.1) is 23.5 Å². The van der Waals surface area contributed by atoms with E-state index in [2.05, 4.69) is 10.6 Å². The van der Waals surface area contributed by atoms with Crippen molar-refractivity contribution in [3.05, 3.63) is 23.5 Å². The molecule has 0 N–H and O–H groups in total. The molecule has 6 heteroatoms. The van der Waals surface area contributed by atoms with Crippen LogP contribution in [0.15, 0.2) is 12.1 Å². The summed E-state index contributed by atoms with van der Waals surface area (Å²) in [4.78, 5) is 24.6. The van der Waals surface area contributed by atoms with Gasteiger partial charge in [0.05, 0.1) is 18.7 Å². The van der Waals surface area contributed by atoms with Crippen molar-refractivity contribution >= 4 is 35.3 Å². The number of rotatable bonds is 3. The molecule has 1 saturated heterocycles. The van der Waals surface area contributed by atoms with E-state index in [-0.39, 0.29) is 28.2 Å². The predicted octanol–water partition coefficient (Wildman–Crippen LogP) is 3.61. The first-order valence-electron chi connectivity index (χ1n) is 8.34. The summed E-state index contributed by atoms with van der Waals surface area (Å²) in [7, 11) is 0. The number of hydrogen-bond acceptors (Lipinski definition) is 5. The van der Waals surface area contributed by atoms with Gasteiger partial charge in [0.15, 0.2) is 5.78 Å². The topological polar surface area (TPSA) is 48.3 Å². The molecule has 23 heavy (non-hydrogen) atoms. The molecule has 2 unspecified atom stereocenters. The van der Waals surface area contributed by atoms with Crippen LogP contribution in [0.1, 0.15) is 54.8 Å². The Morgan fingerprint density at radius 1 is 1.39 bits per heavy atom. The third-order valence-corrected chi connectivity index (χ3v) is 8.67. The molecule has 3 aliphatic rings. The van der Waals surface area contributed by atoms with E-state index in [1.165, 1.54) is 17.2 Å². The smallest absolute Gasteiger partial charge is 0.306 e. The average molecular weight is 351 g/mol. The molecule has 1 fully saturated rings. The first-order valence-corrected chi connectivity index (χ1v) is 10.3. The van der Waals surface area contributed by atoms with Gasteiger partial charge in [0, 0.05) is 29.2 Å². The van der Waals surface area contributed by atoms with Crippen LogP contribution in [0.2, 0.25) is 0 Å². The lowest BCUT2D eigenvalue weighted by Crippen LogP contribution is -2.38. The molecule has 0 radical (unpaired) electrons. The highest BCUT2D eigenvalue weighted by atomic mass is 32.2. The Balaban J connectivity index is 1.65. The molecule has 1 aromatic rings. The Hall–Kier alpha value is -0.880. The van der Waals surface area contributed by atoms with Crippen LogP contribution in [-0.2, 0) is 13.6 Å². The second-order valence-electron chi connectivity index (χ2n) is 6.42. The van der Waals surface area contributed by atoms with Gasteiger partial charge < -0.3 is 9.30 Å². The van der Waals surface area contributed by atoms with Gasteiger partial charge in [0.2, 0.25) is 0 Å². The molecular formula is C17H21NO3S2. The van der Waals surface area contributed by atoms with Crippen LogP contribution in [0.3, 0.4) is 0 Å². The Morgan fingerprint density at radius 3 is 2.91 bits per heavy atom. The summed E-state index contributed by atoms with van der Waals surface area (Å²) in [6.07, 6.45) is 3.26. The fourth-order valence-electron chi connectivity index (χ4n) is 4.18. The molecule has 0 aromatic carbocycles. The number of carbonyl (C=O) groups excluding carboxylic acids is 2. The monoisotopic (exact) mass is 351 g/mol. The minimum absolute atomic E-state index is 0.116. The van der Waals surface area contributed by atoms with E-state index in [1.54, 1.807) is 6.92 Å². The quantitative estimate of drug-likeness (QED) is 0.779. The summed E-state index contributed by atoms with van der Waals surface area (Å²) >= 11 is 4.07. The number of nitrogens with zero attached hydrogens (tertiary/aromatic N) is 1. The predicted molar refractivity (Wildman–Crippen MR) is 93.0 cm³/mol. The van der Waals surface area contributed by atoms with Crippen LogP contribution in [0.4, 0.5) is 0 Å². The van der Waals surface area contributed by atoms with Crippen LogP contribution < -0.4 is 0 Å². The lowest BCUT2D eigenvalue weighted by Gasteiger charge is -2.42. The molecule has 124 valence electrons. The zero-order valence-electron chi connectivity index (χ0n) is 13.2. The van der Waals surface area contributed by atoms with Crippen molar-refractivity contribution in [1.82, 2.24) is 4.57 Å². The van der Waals surface area contributed by atoms with Crippen molar-refractivity contribution in [2.45, 2.75) is 42.7 Å². The Bertz CT molecular complexity index is 648. The summed E-state index contributed by atoms with van der Waals surface area (Å²) in [5.41, 5.74) is 2.12. The van der Waals surface area contributed by atoms with E-state index >= 15 is 0 Å². The molecule has 4 heterocycles. The van der Waals surface area contributed by atoms with E-state index in [0.29, 0.717) is 12.6 Å². The van der Waals surface area contributed by atoms with Crippen LogP contribution in [-0.4, -0.2) is 34.4 Å². The fourth-order valence-corrected chi connectivity index (χ4v) is 7.49. The SMILES string of the molecule is CCOC(=O)CC1CC2CCC3(SCCS3)c3ccc(n32)C1=O. The highest BCUT2D eigenvalue weighted by Gasteiger charge is 2.47. The van der Waals surface area contributed by atoms with Gasteiger partial charge in [0.1, 0.15) is 4.08 Å². The van der Waals surface area contributed by atoms with Crippen LogP contribution >= 0.6 is 23.5 Å². The van der Waals surface area contributed by atoms with Gasteiger partial charge in [-0.3, -0.25) is 9.59 Å². The van der Waals surface area contributed by atoms with Gasteiger partial charge in [-0.2, -0.15) is 0 Å². The number of Topliss-reactive ketones (excluding diaryl/α,β-unsaturated/α-hetero) is 1. The lowest BCUT2D eigenvalue weighted by atomic mass is 9.84. The number of aromatic nitrogens is 1. The molecule has 4 nitrogen and oxygen atoms in total. The summed E-state index contributed by atoms with van der Waals surface area (Å²) in [6, 6.07) is 4.49. The Morgan fingerprint density at radius 2 is 2.17 bits per heavy atom. The number of ketones is 1. The molecule has 1 aromatic heterocycles. The number of thioether (sulfide) groups is 2. The van der Waals surface area contributed by atoms with E-state index < -0.39 is 0 Å². The maximum atomic E-state index is 12.8. The summed E-state index contributed by atoms with van der Waals surface area (Å²) < 4.78 is 7.49. The second kappa shape index (κ2) is 5.88. The highest BCUT2D eigenvalue weighted by molar-refractivity contribution is 8.20. The molecule has 2 atom stereocenters. The van der Waals surface area contributed by atoms with Crippen molar-refractivity contribution < 1.29 is 14.3 Å². The van der Waals surface area contributed by atoms with Crippen molar-refractivity contribution in [2.75, 3.05) is 18.1 Å². The molecule has 3 aliphatic heterocycles. The summed E-state index contributed by atoms with van der Waals surface area (Å²) in [6.45, 7) is 2.18. The zero-order chi connectivity index (χ0) is 16.0. The zero-order valence-corrected chi connectivity index (χ0v) is 14.9. The van der Waals surface area contributed by atoms with Gasteiger partial charge >= 0.3 is 5.97 Å². The number of carbonyl (C=O) groups is 2. The third kappa shape index (κ3) is 2.45. The molecule has 0 amide bonds. The van der Waals surface area contributed by atoms with E-state index in [4.69, 9.17) is 4.74 Å².